The number of amides is 1. The standard InChI is InChI=1S/C12H17NO3S/c1-15-11(16-2)8-13-12(14)9-4-6-10(17-3)7-5-9/h4-7,11H,8H2,1-3H3,(H,13,14). The highest BCUT2D eigenvalue weighted by molar-refractivity contribution is 7.98. The lowest BCUT2D eigenvalue weighted by molar-refractivity contribution is -0.0974. The molecule has 94 valence electrons. The summed E-state index contributed by atoms with van der Waals surface area (Å²) in [5.41, 5.74) is 0.633. The van der Waals surface area contributed by atoms with Gasteiger partial charge >= 0.3 is 0 Å². The van der Waals surface area contributed by atoms with Crippen molar-refractivity contribution in [3.63, 3.8) is 0 Å². The number of hydrogen-bond acceptors (Lipinski definition) is 4. The Kier molecular flexibility index (Phi) is 6.04. The predicted molar refractivity (Wildman–Crippen MR) is 68.4 cm³/mol. The molecule has 0 heterocycles. The first kappa shape index (κ1) is 14.0. The van der Waals surface area contributed by atoms with Crippen LogP contribution in [0.2, 0.25) is 0 Å². The summed E-state index contributed by atoms with van der Waals surface area (Å²) >= 11 is 1.64. The Balaban J connectivity index is 2.51. The molecule has 1 N–H and O–H groups in total. The van der Waals surface area contributed by atoms with E-state index >= 15 is 0 Å². The van der Waals surface area contributed by atoms with Gasteiger partial charge in [-0.25, -0.2) is 0 Å². The minimum Gasteiger partial charge on any atom is -0.354 e. The van der Waals surface area contributed by atoms with E-state index in [-0.39, 0.29) is 5.91 Å². The number of carbonyl (C=O) groups excluding carboxylic acids is 1. The van der Waals surface area contributed by atoms with Crippen molar-refractivity contribution < 1.29 is 14.3 Å². The first-order valence-electron chi connectivity index (χ1n) is 5.19. The number of ether oxygens (including phenoxy) is 2. The van der Waals surface area contributed by atoms with Gasteiger partial charge in [0.25, 0.3) is 5.91 Å². The van der Waals surface area contributed by atoms with Gasteiger partial charge in [0.1, 0.15) is 0 Å². The molecule has 0 saturated carbocycles. The first-order valence-corrected chi connectivity index (χ1v) is 6.41. The molecule has 0 aromatic heterocycles. The fraction of sp³-hybridized carbons (Fsp3) is 0.417. The highest BCUT2D eigenvalue weighted by Gasteiger charge is 2.09. The van der Waals surface area contributed by atoms with Gasteiger partial charge in [0.05, 0.1) is 6.54 Å². The summed E-state index contributed by atoms with van der Waals surface area (Å²) in [6.07, 6.45) is 1.58. The number of thioether (sulfide) groups is 1. The maximum Gasteiger partial charge on any atom is 0.251 e. The van der Waals surface area contributed by atoms with Gasteiger partial charge in [-0.15, -0.1) is 11.8 Å². The van der Waals surface area contributed by atoms with Crippen LogP contribution in [0.5, 0.6) is 0 Å². The van der Waals surface area contributed by atoms with Gasteiger partial charge in [-0.2, -0.15) is 0 Å². The van der Waals surface area contributed by atoms with Crippen molar-refractivity contribution in [2.75, 3.05) is 27.0 Å². The Bertz CT molecular complexity index is 349. The number of hydrogen-bond donors (Lipinski definition) is 1. The van der Waals surface area contributed by atoms with E-state index in [9.17, 15) is 4.79 Å². The van der Waals surface area contributed by atoms with Crippen molar-refractivity contribution in [2.45, 2.75) is 11.2 Å². The molecular formula is C12H17NO3S. The second-order valence-electron chi connectivity index (χ2n) is 3.34. The molecule has 0 radical (unpaired) electrons. The van der Waals surface area contributed by atoms with E-state index in [4.69, 9.17) is 9.47 Å². The van der Waals surface area contributed by atoms with Crippen LogP contribution in [0.4, 0.5) is 0 Å². The van der Waals surface area contributed by atoms with E-state index in [0.29, 0.717) is 12.1 Å². The topological polar surface area (TPSA) is 47.6 Å². The molecule has 17 heavy (non-hydrogen) atoms. The van der Waals surface area contributed by atoms with Crippen molar-refractivity contribution in [1.82, 2.24) is 5.32 Å². The van der Waals surface area contributed by atoms with Gasteiger partial charge in [0.15, 0.2) is 6.29 Å². The number of nitrogens with one attached hydrogen (secondary N) is 1. The molecule has 0 unspecified atom stereocenters. The molecule has 0 aliphatic heterocycles. The second kappa shape index (κ2) is 7.32. The molecule has 0 fully saturated rings. The van der Waals surface area contributed by atoms with Crippen molar-refractivity contribution in [1.29, 1.82) is 0 Å². The van der Waals surface area contributed by atoms with Gasteiger partial charge in [0.2, 0.25) is 0 Å². The molecular weight excluding hydrogens is 238 g/mol. The molecule has 1 rings (SSSR count). The molecule has 1 aromatic carbocycles. The van der Waals surface area contributed by atoms with E-state index in [1.165, 1.54) is 14.2 Å². The Morgan fingerprint density at radius 1 is 1.29 bits per heavy atom. The van der Waals surface area contributed by atoms with E-state index < -0.39 is 6.29 Å². The monoisotopic (exact) mass is 255 g/mol. The largest absolute Gasteiger partial charge is 0.354 e. The number of methoxy groups -OCH3 is 2. The average Bonchev–Trinajstić information content (AvgIpc) is 2.39. The maximum atomic E-state index is 11.8. The Labute approximate surface area is 106 Å². The molecule has 0 spiro atoms. The molecule has 0 bridgehead atoms. The van der Waals surface area contributed by atoms with Crippen LogP contribution in [-0.2, 0) is 9.47 Å². The molecule has 0 saturated heterocycles. The Hall–Kier alpha value is -1.04. The van der Waals surface area contributed by atoms with E-state index in [2.05, 4.69) is 5.32 Å². The zero-order valence-electron chi connectivity index (χ0n) is 10.2. The second-order valence-corrected chi connectivity index (χ2v) is 4.22. The van der Waals surface area contributed by atoms with Crippen LogP contribution < -0.4 is 5.32 Å². The van der Waals surface area contributed by atoms with Crippen molar-refractivity contribution in [2.24, 2.45) is 0 Å². The maximum absolute atomic E-state index is 11.8. The Morgan fingerprint density at radius 2 is 1.88 bits per heavy atom. The molecule has 0 aliphatic rings. The molecule has 0 aliphatic carbocycles. The van der Waals surface area contributed by atoms with Gasteiger partial charge in [-0.1, -0.05) is 0 Å². The quantitative estimate of drug-likeness (QED) is 0.621. The van der Waals surface area contributed by atoms with E-state index in [1.54, 1.807) is 23.9 Å². The van der Waals surface area contributed by atoms with Gasteiger partial charge in [-0.05, 0) is 30.5 Å². The third kappa shape index (κ3) is 4.38. The first-order chi connectivity index (χ1) is 8.21. The third-order valence-corrected chi connectivity index (χ3v) is 3.05. The highest BCUT2D eigenvalue weighted by Crippen LogP contribution is 2.14. The zero-order chi connectivity index (χ0) is 12.7. The molecule has 1 aromatic rings. The summed E-state index contributed by atoms with van der Waals surface area (Å²) in [5, 5.41) is 2.74. The fourth-order valence-electron chi connectivity index (χ4n) is 1.28. The predicted octanol–water partition coefficient (Wildman–Crippen LogP) is 1.76. The Morgan fingerprint density at radius 3 is 2.35 bits per heavy atom. The zero-order valence-corrected chi connectivity index (χ0v) is 11.0. The van der Waals surface area contributed by atoms with Crippen LogP contribution in [0.25, 0.3) is 0 Å². The number of benzene rings is 1. The van der Waals surface area contributed by atoms with Gasteiger partial charge in [0, 0.05) is 24.7 Å². The molecule has 4 nitrogen and oxygen atoms in total. The van der Waals surface area contributed by atoms with Gasteiger partial charge < -0.3 is 14.8 Å². The SMILES string of the molecule is COC(CNC(=O)c1ccc(SC)cc1)OC. The number of carbonyl (C=O) groups is 1. The van der Waals surface area contributed by atoms with Crippen LogP contribution in [0, 0.1) is 0 Å². The lowest BCUT2D eigenvalue weighted by Crippen LogP contribution is -2.34. The van der Waals surface area contributed by atoms with Crippen molar-refractivity contribution in [3.8, 4) is 0 Å². The minimum atomic E-state index is -0.413. The smallest absolute Gasteiger partial charge is 0.251 e. The molecule has 5 heteroatoms. The summed E-state index contributed by atoms with van der Waals surface area (Å²) in [7, 11) is 3.07. The number of rotatable bonds is 6. The highest BCUT2D eigenvalue weighted by atomic mass is 32.2. The summed E-state index contributed by atoms with van der Waals surface area (Å²) in [5.74, 6) is -0.128. The van der Waals surface area contributed by atoms with Crippen LogP contribution in [0.15, 0.2) is 29.2 Å². The van der Waals surface area contributed by atoms with Gasteiger partial charge in [-0.3, -0.25) is 4.79 Å². The van der Waals surface area contributed by atoms with Crippen LogP contribution in [0.1, 0.15) is 10.4 Å². The van der Waals surface area contributed by atoms with Crippen LogP contribution in [0.3, 0.4) is 0 Å². The average molecular weight is 255 g/mol. The fourth-order valence-corrected chi connectivity index (χ4v) is 1.69. The van der Waals surface area contributed by atoms with Crippen molar-refractivity contribution in [3.05, 3.63) is 29.8 Å². The van der Waals surface area contributed by atoms with E-state index in [1.807, 2.05) is 18.4 Å². The summed E-state index contributed by atoms with van der Waals surface area (Å²) in [4.78, 5) is 12.9. The molecule has 0 atom stereocenters. The lowest BCUT2D eigenvalue weighted by Gasteiger charge is -2.14. The van der Waals surface area contributed by atoms with Crippen LogP contribution in [-0.4, -0.2) is 39.2 Å². The summed E-state index contributed by atoms with van der Waals surface area (Å²) in [6.45, 7) is 0.329. The van der Waals surface area contributed by atoms with Crippen LogP contribution >= 0.6 is 11.8 Å². The summed E-state index contributed by atoms with van der Waals surface area (Å²) in [6, 6.07) is 7.44. The third-order valence-electron chi connectivity index (χ3n) is 2.31. The van der Waals surface area contributed by atoms with Crippen molar-refractivity contribution >= 4 is 17.7 Å². The summed E-state index contributed by atoms with van der Waals surface area (Å²) < 4.78 is 9.96. The molecule has 1 amide bonds. The lowest BCUT2D eigenvalue weighted by atomic mass is 10.2. The normalized spacial score (nSPS) is 10.6. The minimum absolute atomic E-state index is 0.128. The van der Waals surface area contributed by atoms with E-state index in [0.717, 1.165) is 4.90 Å².